The fourth-order valence-corrected chi connectivity index (χ4v) is 2.38. The van der Waals surface area contributed by atoms with E-state index in [1.54, 1.807) is 0 Å². The Labute approximate surface area is 188 Å². The zero-order valence-electron chi connectivity index (χ0n) is 15.8. The minimum Gasteiger partial charge on any atom is -0.666 e. The summed E-state index contributed by atoms with van der Waals surface area (Å²) in [7, 11) is 9.78. The summed E-state index contributed by atoms with van der Waals surface area (Å²) < 4.78 is 0. The number of rotatable bonds is 6. The predicted molar refractivity (Wildman–Crippen MR) is 119 cm³/mol. The van der Waals surface area contributed by atoms with Crippen LogP contribution in [0, 0.1) is 0 Å². The van der Waals surface area contributed by atoms with Gasteiger partial charge in [0.1, 0.15) is 0 Å². The van der Waals surface area contributed by atoms with Crippen molar-refractivity contribution in [2.45, 2.75) is 13.1 Å². The molecule has 2 N–H and O–H groups in total. The molecule has 0 atom stereocenters. The van der Waals surface area contributed by atoms with Gasteiger partial charge in [0, 0.05) is 24.5 Å². The van der Waals surface area contributed by atoms with Crippen LogP contribution in [-0.2, 0) is 30.1 Å². The molecule has 0 saturated heterocycles. The maximum absolute atomic E-state index is 4.89. The topological polar surface area (TPSA) is 52.3 Å². The average Bonchev–Trinajstić information content (AvgIpc) is 3.48. The van der Waals surface area contributed by atoms with Crippen LogP contribution < -0.4 is 20.6 Å². The number of halogens is 2. The number of hydrogen-bond acceptors (Lipinski definition) is 2. The Balaban J connectivity index is 0.000000183. The molecule has 0 fully saturated rings. The first-order valence-corrected chi connectivity index (χ1v) is 13.3. The molecule has 0 spiro atoms. The van der Waals surface area contributed by atoms with E-state index in [4.69, 9.17) is 18.6 Å². The quantitative estimate of drug-likeness (QED) is 0.352. The molecule has 0 amide bonds. The third-order valence-corrected chi connectivity index (χ3v) is 3.72. The van der Waals surface area contributed by atoms with Crippen molar-refractivity contribution >= 4 is 30.0 Å². The number of benzene rings is 2. The zero-order chi connectivity index (χ0) is 20.6. The monoisotopic (exact) mass is 460 g/mol. The maximum atomic E-state index is 4.89. The van der Waals surface area contributed by atoms with Gasteiger partial charge < -0.3 is 20.6 Å². The summed E-state index contributed by atoms with van der Waals surface area (Å²) in [4.78, 5) is 8.34. The molecule has 0 saturated carbocycles. The Bertz CT molecular complexity index is 781. The molecule has 0 aliphatic rings. The van der Waals surface area contributed by atoms with Crippen molar-refractivity contribution in [2.24, 2.45) is 0 Å². The fourth-order valence-electron chi connectivity index (χ4n) is 2.38. The summed E-state index contributed by atoms with van der Waals surface area (Å²) in [6, 6.07) is 28.2. The Hall–Kier alpha value is -2.11. The summed E-state index contributed by atoms with van der Waals surface area (Å²) in [5.41, 5.74) is 4.41. The number of anilines is 2. The van der Waals surface area contributed by atoms with Crippen molar-refractivity contribution in [3.8, 4) is 0 Å². The van der Waals surface area contributed by atoms with Crippen LogP contribution in [0.25, 0.3) is 0 Å². The van der Waals surface area contributed by atoms with Crippen LogP contribution in [0.5, 0.6) is 0 Å². The molecule has 7 heteroatoms. The van der Waals surface area contributed by atoms with Gasteiger partial charge in [-0.3, -0.25) is 0 Å². The Morgan fingerprint density at radius 1 is 0.586 bits per heavy atom. The minimum atomic E-state index is -0.556. The van der Waals surface area contributed by atoms with Gasteiger partial charge in [-0.1, -0.05) is 60.7 Å². The van der Waals surface area contributed by atoms with E-state index < -0.39 is 17.0 Å². The van der Waals surface area contributed by atoms with Gasteiger partial charge in [-0.2, -0.15) is 12.4 Å². The molecule has 2 aromatic heterocycles. The molecule has 0 radical (unpaired) electrons. The van der Waals surface area contributed by atoms with Gasteiger partial charge in [0.15, 0.2) is 0 Å². The molecule has 29 heavy (non-hydrogen) atoms. The number of para-hydroxylation sites is 2. The van der Waals surface area contributed by atoms with Crippen LogP contribution in [0.15, 0.2) is 97.3 Å². The molecule has 2 heterocycles. The van der Waals surface area contributed by atoms with Crippen molar-refractivity contribution in [3.05, 3.63) is 109 Å². The summed E-state index contributed by atoms with van der Waals surface area (Å²) >= 11 is -0.556. The predicted octanol–water partition coefficient (Wildman–Crippen LogP) is 5.89. The summed E-state index contributed by atoms with van der Waals surface area (Å²) in [5.74, 6) is 0. The first kappa shape index (κ1) is 23.2. The number of aromatic nitrogens is 2. The summed E-state index contributed by atoms with van der Waals surface area (Å²) in [5, 5.41) is 6.57. The Morgan fingerprint density at radius 3 is 1.28 bits per heavy atom. The van der Waals surface area contributed by atoms with E-state index in [0.29, 0.717) is 0 Å². The van der Waals surface area contributed by atoms with Crippen LogP contribution >= 0.6 is 18.6 Å². The van der Waals surface area contributed by atoms with Crippen LogP contribution in [0.1, 0.15) is 11.4 Å². The van der Waals surface area contributed by atoms with Gasteiger partial charge in [-0.05, 0) is 24.3 Å². The van der Waals surface area contributed by atoms with E-state index in [0.717, 1.165) is 35.9 Å². The zero-order valence-corrected chi connectivity index (χ0v) is 18.9. The van der Waals surface area contributed by atoms with E-state index in [1.807, 2.05) is 97.3 Å². The van der Waals surface area contributed by atoms with Gasteiger partial charge >= 0.3 is 35.6 Å². The largest absolute Gasteiger partial charge is 0.666 e. The molecule has 2 aromatic carbocycles. The van der Waals surface area contributed by atoms with Gasteiger partial charge in [0.05, 0.1) is 0 Å². The van der Waals surface area contributed by atoms with Gasteiger partial charge in [-0.25, -0.2) is 0 Å². The van der Waals surface area contributed by atoms with Gasteiger partial charge in [-0.15, -0.1) is 11.4 Å². The molecule has 4 aromatic rings. The van der Waals surface area contributed by atoms with E-state index >= 15 is 0 Å². The van der Waals surface area contributed by atoms with E-state index in [9.17, 15) is 0 Å². The first-order chi connectivity index (χ1) is 14.3. The first-order valence-electron chi connectivity index (χ1n) is 8.99. The second kappa shape index (κ2) is 14.8. The van der Waals surface area contributed by atoms with E-state index in [1.165, 1.54) is 0 Å². The second-order valence-corrected chi connectivity index (χ2v) is 8.35. The van der Waals surface area contributed by atoms with Crippen molar-refractivity contribution in [1.29, 1.82) is 0 Å². The molecule has 4 nitrogen and oxygen atoms in total. The third kappa shape index (κ3) is 10.3. The van der Waals surface area contributed by atoms with Crippen LogP contribution in [0.4, 0.5) is 11.4 Å². The van der Waals surface area contributed by atoms with Gasteiger partial charge in [0.2, 0.25) is 0 Å². The van der Waals surface area contributed by atoms with Crippen molar-refractivity contribution < 1.29 is 17.0 Å². The van der Waals surface area contributed by atoms with Crippen molar-refractivity contribution in [3.63, 3.8) is 0 Å². The molecule has 0 aliphatic heterocycles. The van der Waals surface area contributed by atoms with Crippen LogP contribution in [0.3, 0.4) is 0 Å². The van der Waals surface area contributed by atoms with E-state index in [-0.39, 0.29) is 0 Å². The van der Waals surface area contributed by atoms with Crippen molar-refractivity contribution in [1.82, 2.24) is 9.97 Å². The Morgan fingerprint density at radius 2 is 0.966 bits per heavy atom. The average molecular weight is 461 g/mol. The minimum absolute atomic E-state index is 0.556. The molecular formula is C22H22Cl2N4Ti-2. The maximum Gasteiger partial charge on any atom is 0.0342 e. The fraction of sp³-hybridized carbons (Fsp3) is 0.0909. The molecule has 4 rings (SSSR count). The Kier molecular flexibility index (Phi) is 11.9. The molecule has 0 unspecified atom stereocenters. The van der Waals surface area contributed by atoms with Gasteiger partial charge in [0.25, 0.3) is 0 Å². The summed E-state index contributed by atoms with van der Waals surface area (Å²) in [6.45, 7) is 1.58. The molecular weight excluding hydrogens is 439 g/mol. The standard InChI is InChI=1S/2C11H11N2.2ClH.Ti/c2*1-2-5-10(6-3-1)13-9-11-7-4-8-12-11;;;/h2*1-8,13H,9H2;2*1H;/q2*-1;;;+2/p-2. The van der Waals surface area contributed by atoms with Crippen LogP contribution in [0.2, 0.25) is 0 Å². The number of nitrogens with one attached hydrogen (secondary N) is 2. The smallest absolute Gasteiger partial charge is 0.0342 e. The third-order valence-electron chi connectivity index (χ3n) is 3.72. The summed E-state index contributed by atoms with van der Waals surface area (Å²) in [6.07, 6.45) is 3.62. The normalized spacial score (nSPS) is 9.31. The molecule has 150 valence electrons. The van der Waals surface area contributed by atoms with E-state index in [2.05, 4.69) is 20.6 Å². The second-order valence-electron chi connectivity index (χ2n) is 5.77. The molecule has 0 bridgehead atoms. The van der Waals surface area contributed by atoms with Crippen LogP contribution in [-0.4, -0.2) is 0 Å². The van der Waals surface area contributed by atoms with Crippen molar-refractivity contribution in [2.75, 3.05) is 10.6 Å². The molecule has 0 aliphatic carbocycles. The number of hydrogen-bond donors (Lipinski definition) is 2. The number of nitrogens with zero attached hydrogens (tertiary/aromatic N) is 2. The SMILES string of the molecule is [Cl][Ti][Cl].c1ccc(NCc2ccc[n-]2)cc1.c1ccc(NCc2ccc[n-]2)cc1.